The number of nitrogens with one attached hydrogen (secondary N) is 1. The van der Waals surface area contributed by atoms with Gasteiger partial charge in [-0.05, 0) is 46.2 Å². The number of benzene rings is 1. The first-order chi connectivity index (χ1) is 15.1. The minimum absolute atomic E-state index is 0.0471. The maximum absolute atomic E-state index is 13.4. The van der Waals surface area contributed by atoms with Crippen molar-refractivity contribution in [1.29, 1.82) is 0 Å². The van der Waals surface area contributed by atoms with E-state index < -0.39 is 17.2 Å². The predicted octanol–water partition coefficient (Wildman–Crippen LogP) is 1.73. The molecule has 1 N–H and O–H groups in total. The van der Waals surface area contributed by atoms with Gasteiger partial charge in [0, 0.05) is 19.6 Å². The molecular formula is C24H35N3O5. The molecule has 8 heteroatoms. The molecule has 1 unspecified atom stereocenters. The van der Waals surface area contributed by atoms with E-state index in [1.54, 1.807) is 4.90 Å². The molecule has 2 heterocycles. The van der Waals surface area contributed by atoms with Crippen LogP contribution >= 0.6 is 0 Å². The third-order valence-electron chi connectivity index (χ3n) is 5.98. The van der Waals surface area contributed by atoms with E-state index in [0.29, 0.717) is 32.5 Å². The van der Waals surface area contributed by atoms with Crippen molar-refractivity contribution in [3.8, 4) is 0 Å². The molecule has 2 saturated heterocycles. The lowest BCUT2D eigenvalue weighted by molar-refractivity contribution is -0.165. The van der Waals surface area contributed by atoms with E-state index in [0.717, 1.165) is 5.56 Å². The first kappa shape index (κ1) is 24.2. The van der Waals surface area contributed by atoms with Crippen LogP contribution in [0.4, 0.5) is 0 Å². The molecule has 32 heavy (non-hydrogen) atoms. The van der Waals surface area contributed by atoms with Crippen LogP contribution in [0.3, 0.4) is 0 Å². The average Bonchev–Trinajstić information content (AvgIpc) is 2.73. The van der Waals surface area contributed by atoms with Gasteiger partial charge >= 0.3 is 5.97 Å². The number of amides is 2. The van der Waals surface area contributed by atoms with Crippen LogP contribution in [0.2, 0.25) is 0 Å². The molecule has 1 spiro atoms. The van der Waals surface area contributed by atoms with E-state index in [-0.39, 0.29) is 37.4 Å². The number of hydrogen-bond acceptors (Lipinski definition) is 6. The topological polar surface area (TPSA) is 88.2 Å². The number of ether oxygens (including phenoxy) is 2. The SMILES string of the molecule is CN1CCC2(CC1)C(=O)NC(COCc1ccccc1)C(=O)N2CCC(=O)OC(C)(C)C. The van der Waals surface area contributed by atoms with Gasteiger partial charge in [-0.2, -0.15) is 0 Å². The smallest absolute Gasteiger partial charge is 0.308 e. The second-order valence-electron chi connectivity index (χ2n) is 9.69. The lowest BCUT2D eigenvalue weighted by atomic mass is 9.82. The molecule has 0 radical (unpaired) electrons. The number of esters is 1. The number of likely N-dealkylation sites (tertiary alicyclic amines) is 1. The van der Waals surface area contributed by atoms with Gasteiger partial charge in [-0.15, -0.1) is 0 Å². The third-order valence-corrected chi connectivity index (χ3v) is 5.98. The molecule has 0 aromatic heterocycles. The molecule has 2 amide bonds. The highest BCUT2D eigenvalue weighted by Crippen LogP contribution is 2.33. The summed E-state index contributed by atoms with van der Waals surface area (Å²) in [6.07, 6.45) is 1.12. The normalized spacial score (nSPS) is 21.5. The number of rotatable bonds is 7. The Kier molecular flexibility index (Phi) is 7.56. The van der Waals surface area contributed by atoms with Crippen LogP contribution in [-0.2, 0) is 30.5 Å². The third kappa shape index (κ3) is 5.86. The fourth-order valence-corrected chi connectivity index (χ4v) is 4.26. The van der Waals surface area contributed by atoms with Crippen molar-refractivity contribution in [3.63, 3.8) is 0 Å². The molecule has 0 aliphatic carbocycles. The first-order valence-corrected chi connectivity index (χ1v) is 11.3. The monoisotopic (exact) mass is 445 g/mol. The minimum atomic E-state index is -0.929. The van der Waals surface area contributed by atoms with Crippen molar-refractivity contribution >= 4 is 17.8 Å². The molecule has 2 fully saturated rings. The number of carbonyl (C=O) groups excluding carboxylic acids is 3. The molecule has 176 valence electrons. The van der Waals surface area contributed by atoms with Gasteiger partial charge in [0.1, 0.15) is 17.2 Å². The van der Waals surface area contributed by atoms with Crippen LogP contribution in [0.25, 0.3) is 0 Å². The zero-order chi connectivity index (χ0) is 23.4. The van der Waals surface area contributed by atoms with Crippen LogP contribution in [0, 0.1) is 0 Å². The molecule has 1 aromatic carbocycles. The lowest BCUT2D eigenvalue weighted by Gasteiger charge is -2.51. The van der Waals surface area contributed by atoms with Gasteiger partial charge < -0.3 is 24.6 Å². The Hall–Kier alpha value is -2.45. The number of piperidine rings is 1. The fourth-order valence-electron chi connectivity index (χ4n) is 4.26. The van der Waals surface area contributed by atoms with Gasteiger partial charge in [0.2, 0.25) is 11.8 Å². The van der Waals surface area contributed by atoms with Gasteiger partial charge in [-0.25, -0.2) is 0 Å². The van der Waals surface area contributed by atoms with Gasteiger partial charge in [0.25, 0.3) is 0 Å². The maximum atomic E-state index is 13.4. The highest BCUT2D eigenvalue weighted by atomic mass is 16.6. The van der Waals surface area contributed by atoms with Crippen LogP contribution in [-0.4, -0.2) is 78.1 Å². The molecule has 0 saturated carbocycles. The van der Waals surface area contributed by atoms with Crippen LogP contribution < -0.4 is 5.32 Å². The fraction of sp³-hybridized carbons (Fsp3) is 0.625. The Bertz CT molecular complexity index is 813. The summed E-state index contributed by atoms with van der Waals surface area (Å²) in [6.45, 7) is 7.43. The lowest BCUT2D eigenvalue weighted by Crippen LogP contribution is -2.73. The quantitative estimate of drug-likeness (QED) is 0.643. The number of carbonyl (C=O) groups is 3. The molecule has 1 atom stereocenters. The second-order valence-corrected chi connectivity index (χ2v) is 9.69. The molecule has 3 rings (SSSR count). The minimum Gasteiger partial charge on any atom is -0.460 e. The van der Waals surface area contributed by atoms with E-state index in [2.05, 4.69) is 10.2 Å². The van der Waals surface area contributed by atoms with Crippen LogP contribution in [0.1, 0.15) is 45.6 Å². The molecular weight excluding hydrogens is 410 g/mol. The summed E-state index contributed by atoms with van der Waals surface area (Å²) in [5.74, 6) is -0.746. The summed E-state index contributed by atoms with van der Waals surface area (Å²) in [4.78, 5) is 42.8. The Morgan fingerprint density at radius 2 is 1.81 bits per heavy atom. The second kappa shape index (κ2) is 10.0. The zero-order valence-electron chi connectivity index (χ0n) is 19.6. The Morgan fingerprint density at radius 3 is 2.44 bits per heavy atom. The van der Waals surface area contributed by atoms with Gasteiger partial charge in [-0.3, -0.25) is 14.4 Å². The van der Waals surface area contributed by atoms with Crippen molar-refractivity contribution in [2.75, 3.05) is 33.3 Å². The van der Waals surface area contributed by atoms with Crippen molar-refractivity contribution in [3.05, 3.63) is 35.9 Å². The summed E-state index contributed by atoms with van der Waals surface area (Å²) >= 11 is 0. The van der Waals surface area contributed by atoms with E-state index in [1.165, 1.54) is 0 Å². The Balaban J connectivity index is 1.70. The predicted molar refractivity (Wildman–Crippen MR) is 120 cm³/mol. The molecule has 8 nitrogen and oxygen atoms in total. The van der Waals surface area contributed by atoms with Crippen molar-refractivity contribution < 1.29 is 23.9 Å². The summed E-state index contributed by atoms with van der Waals surface area (Å²) in [5.41, 5.74) is -0.531. The summed E-state index contributed by atoms with van der Waals surface area (Å²) < 4.78 is 11.2. The molecule has 0 bridgehead atoms. The van der Waals surface area contributed by atoms with Gasteiger partial charge in [-0.1, -0.05) is 30.3 Å². The Morgan fingerprint density at radius 1 is 1.16 bits per heavy atom. The molecule has 1 aromatic rings. The first-order valence-electron chi connectivity index (χ1n) is 11.3. The highest BCUT2D eigenvalue weighted by molar-refractivity contribution is 6.00. The highest BCUT2D eigenvalue weighted by Gasteiger charge is 2.53. The summed E-state index contributed by atoms with van der Waals surface area (Å²) in [6, 6.07) is 8.90. The van der Waals surface area contributed by atoms with Crippen molar-refractivity contribution in [1.82, 2.24) is 15.1 Å². The number of piperazine rings is 1. The molecule has 2 aliphatic rings. The van der Waals surface area contributed by atoms with E-state index in [4.69, 9.17) is 9.47 Å². The number of hydrogen-bond donors (Lipinski definition) is 1. The number of nitrogens with zero attached hydrogens (tertiary/aromatic N) is 2. The molecule has 2 aliphatic heterocycles. The zero-order valence-corrected chi connectivity index (χ0v) is 19.6. The van der Waals surface area contributed by atoms with Gasteiger partial charge in [0.05, 0.1) is 19.6 Å². The van der Waals surface area contributed by atoms with E-state index in [1.807, 2.05) is 58.2 Å². The van der Waals surface area contributed by atoms with Crippen LogP contribution in [0.15, 0.2) is 30.3 Å². The van der Waals surface area contributed by atoms with Crippen molar-refractivity contribution in [2.24, 2.45) is 0 Å². The summed E-state index contributed by atoms with van der Waals surface area (Å²) in [7, 11) is 2.00. The standard InChI is InChI=1S/C24H35N3O5/c1-23(2,3)32-20(28)10-13-27-21(29)19(17-31-16-18-8-6-5-7-9-18)25-22(30)24(27)11-14-26(4)15-12-24/h5-9,19H,10-17H2,1-4H3,(H,25,30). The van der Waals surface area contributed by atoms with Crippen LogP contribution in [0.5, 0.6) is 0 Å². The average molecular weight is 446 g/mol. The summed E-state index contributed by atoms with van der Waals surface area (Å²) in [5, 5.41) is 2.89. The largest absolute Gasteiger partial charge is 0.460 e. The maximum Gasteiger partial charge on any atom is 0.308 e. The van der Waals surface area contributed by atoms with E-state index >= 15 is 0 Å². The Labute approximate surface area is 190 Å². The van der Waals surface area contributed by atoms with E-state index in [9.17, 15) is 14.4 Å². The van der Waals surface area contributed by atoms with Crippen molar-refractivity contribution in [2.45, 2.75) is 63.8 Å². The van der Waals surface area contributed by atoms with Gasteiger partial charge in [0.15, 0.2) is 0 Å².